The number of furan rings is 1. The van der Waals surface area contributed by atoms with Gasteiger partial charge in [-0.05, 0) is 40.5 Å². The lowest BCUT2D eigenvalue weighted by molar-refractivity contribution is 0.557. The number of nitrogen functional groups attached to an aromatic ring is 1. The van der Waals surface area contributed by atoms with Gasteiger partial charge in [0.15, 0.2) is 4.67 Å². The van der Waals surface area contributed by atoms with Crippen LogP contribution in [0.4, 0.5) is 5.69 Å². The van der Waals surface area contributed by atoms with Crippen LogP contribution in [-0.2, 0) is 0 Å². The van der Waals surface area contributed by atoms with Crippen molar-refractivity contribution in [1.29, 1.82) is 5.26 Å². The summed E-state index contributed by atoms with van der Waals surface area (Å²) in [6, 6.07) is 5.74. The predicted molar refractivity (Wildman–Crippen MR) is 63.6 cm³/mol. The first-order chi connectivity index (χ1) is 7.13. The predicted octanol–water partition coefficient (Wildman–Crippen LogP) is 3.53. The molecule has 0 spiro atoms. The van der Waals surface area contributed by atoms with E-state index < -0.39 is 0 Å². The Morgan fingerprint density at radius 3 is 2.73 bits per heavy atom. The fourth-order valence-corrected chi connectivity index (χ4v) is 2.57. The van der Waals surface area contributed by atoms with Crippen LogP contribution in [-0.4, -0.2) is 0 Å². The maximum absolute atomic E-state index is 8.85. The number of rotatable bonds is 1. The Hall–Kier alpha value is -1.25. The van der Waals surface area contributed by atoms with Gasteiger partial charge in [-0.3, -0.25) is 0 Å². The number of halogens is 1. The summed E-state index contributed by atoms with van der Waals surface area (Å²) in [7, 11) is 0. The van der Waals surface area contributed by atoms with Crippen LogP contribution in [0.1, 0.15) is 10.4 Å². The topological polar surface area (TPSA) is 63.0 Å². The lowest BCUT2D eigenvalue weighted by Crippen LogP contribution is -1.86. The van der Waals surface area contributed by atoms with Gasteiger partial charge < -0.3 is 10.2 Å². The molecule has 0 radical (unpaired) electrons. The number of nitriles is 1. The molecule has 0 fully saturated rings. The van der Waals surface area contributed by atoms with Gasteiger partial charge in [0.05, 0.1) is 10.6 Å². The number of hydrogen-bond acceptors (Lipinski definition) is 4. The van der Waals surface area contributed by atoms with Crippen molar-refractivity contribution in [2.45, 2.75) is 6.92 Å². The van der Waals surface area contributed by atoms with Gasteiger partial charge >= 0.3 is 0 Å². The van der Waals surface area contributed by atoms with E-state index in [-0.39, 0.29) is 0 Å². The van der Waals surface area contributed by atoms with E-state index in [9.17, 15) is 0 Å². The van der Waals surface area contributed by atoms with Crippen LogP contribution in [0.2, 0.25) is 0 Å². The SMILES string of the molecule is Cc1c(-c2ccc(Br)o2)sc(C#N)c1N. The Kier molecular flexibility index (Phi) is 2.55. The smallest absolute Gasteiger partial charge is 0.169 e. The van der Waals surface area contributed by atoms with E-state index in [1.165, 1.54) is 11.3 Å². The summed E-state index contributed by atoms with van der Waals surface area (Å²) >= 11 is 4.59. The van der Waals surface area contributed by atoms with E-state index in [1.807, 2.05) is 19.1 Å². The molecule has 0 unspecified atom stereocenters. The van der Waals surface area contributed by atoms with E-state index >= 15 is 0 Å². The van der Waals surface area contributed by atoms with Crippen molar-refractivity contribution >= 4 is 33.0 Å². The molecule has 0 amide bonds. The fraction of sp³-hybridized carbons (Fsp3) is 0.100. The van der Waals surface area contributed by atoms with E-state index in [2.05, 4.69) is 22.0 Å². The van der Waals surface area contributed by atoms with Crippen LogP contribution in [0, 0.1) is 18.3 Å². The van der Waals surface area contributed by atoms with Gasteiger partial charge in [-0.2, -0.15) is 5.26 Å². The van der Waals surface area contributed by atoms with Crippen molar-refractivity contribution in [1.82, 2.24) is 0 Å². The first kappa shape index (κ1) is 10.3. The second kappa shape index (κ2) is 3.72. The highest BCUT2D eigenvalue weighted by atomic mass is 79.9. The molecule has 76 valence electrons. The van der Waals surface area contributed by atoms with Crippen molar-refractivity contribution in [3.05, 3.63) is 27.2 Å². The molecular weight excluding hydrogens is 276 g/mol. The molecule has 0 aliphatic carbocycles. The molecule has 2 rings (SSSR count). The second-order valence-electron chi connectivity index (χ2n) is 3.01. The molecule has 0 aliphatic rings. The van der Waals surface area contributed by atoms with Crippen LogP contribution in [0.3, 0.4) is 0 Å². The van der Waals surface area contributed by atoms with Crippen molar-refractivity contribution < 1.29 is 4.42 Å². The first-order valence-electron chi connectivity index (χ1n) is 4.18. The standard InChI is InChI=1S/C10H7BrN2OS/c1-5-9(13)7(4-12)15-10(5)6-2-3-8(11)14-6/h2-3H,13H2,1H3. The third kappa shape index (κ3) is 1.66. The lowest BCUT2D eigenvalue weighted by atomic mass is 10.2. The molecule has 2 heterocycles. The molecule has 0 atom stereocenters. The number of anilines is 1. The minimum Gasteiger partial charge on any atom is -0.449 e. The van der Waals surface area contributed by atoms with Gasteiger partial charge in [0.25, 0.3) is 0 Å². The Morgan fingerprint density at radius 2 is 2.27 bits per heavy atom. The Morgan fingerprint density at radius 1 is 1.53 bits per heavy atom. The van der Waals surface area contributed by atoms with Crippen LogP contribution in [0.15, 0.2) is 21.2 Å². The fourth-order valence-electron chi connectivity index (χ4n) is 1.28. The van der Waals surface area contributed by atoms with Gasteiger partial charge in [0.2, 0.25) is 0 Å². The normalized spacial score (nSPS) is 10.2. The van der Waals surface area contributed by atoms with Crippen LogP contribution < -0.4 is 5.73 Å². The maximum Gasteiger partial charge on any atom is 0.169 e. The van der Waals surface area contributed by atoms with Crippen LogP contribution in [0.5, 0.6) is 0 Å². The summed E-state index contributed by atoms with van der Waals surface area (Å²) in [6.45, 7) is 1.89. The molecule has 0 saturated carbocycles. The molecule has 2 aromatic rings. The highest BCUT2D eigenvalue weighted by molar-refractivity contribution is 9.10. The molecule has 0 aliphatic heterocycles. The minimum atomic E-state index is 0.537. The summed E-state index contributed by atoms with van der Waals surface area (Å²) in [4.78, 5) is 1.45. The minimum absolute atomic E-state index is 0.537. The molecule has 15 heavy (non-hydrogen) atoms. The van der Waals surface area contributed by atoms with E-state index in [1.54, 1.807) is 0 Å². The largest absolute Gasteiger partial charge is 0.449 e. The van der Waals surface area contributed by atoms with Crippen LogP contribution >= 0.6 is 27.3 Å². The third-order valence-electron chi connectivity index (χ3n) is 2.09. The van der Waals surface area contributed by atoms with Crippen molar-refractivity contribution in [3.8, 4) is 16.7 Å². The maximum atomic E-state index is 8.85. The molecule has 3 nitrogen and oxygen atoms in total. The number of nitrogens with zero attached hydrogens (tertiary/aromatic N) is 1. The number of hydrogen-bond donors (Lipinski definition) is 1. The zero-order chi connectivity index (χ0) is 11.0. The lowest BCUT2D eigenvalue weighted by Gasteiger charge is -1.94. The Balaban J connectivity index is 2.60. The van der Waals surface area contributed by atoms with Gasteiger partial charge in [-0.1, -0.05) is 0 Å². The van der Waals surface area contributed by atoms with Gasteiger partial charge in [-0.25, -0.2) is 0 Å². The summed E-state index contributed by atoms with van der Waals surface area (Å²) < 4.78 is 6.09. The molecule has 0 aromatic carbocycles. The number of thiophene rings is 1. The van der Waals surface area contributed by atoms with E-state index in [0.29, 0.717) is 15.2 Å². The monoisotopic (exact) mass is 282 g/mol. The zero-order valence-corrected chi connectivity index (χ0v) is 10.3. The highest BCUT2D eigenvalue weighted by Gasteiger charge is 2.15. The summed E-state index contributed by atoms with van der Waals surface area (Å²) in [5.74, 6) is 0.734. The average Bonchev–Trinajstić information content (AvgIpc) is 2.74. The molecule has 5 heteroatoms. The average molecular weight is 283 g/mol. The van der Waals surface area contributed by atoms with Gasteiger partial charge in [0.1, 0.15) is 16.7 Å². The molecule has 0 bridgehead atoms. The molecule has 2 N–H and O–H groups in total. The number of nitrogens with two attached hydrogens (primary N) is 1. The van der Waals surface area contributed by atoms with E-state index in [0.717, 1.165) is 16.2 Å². The summed E-state index contributed by atoms with van der Waals surface area (Å²) in [6.07, 6.45) is 0. The second-order valence-corrected chi connectivity index (χ2v) is 4.82. The molecule has 0 saturated heterocycles. The van der Waals surface area contributed by atoms with Crippen LogP contribution in [0.25, 0.3) is 10.6 Å². The Bertz CT molecular complexity index is 550. The van der Waals surface area contributed by atoms with Gasteiger partial charge in [-0.15, -0.1) is 11.3 Å². The zero-order valence-electron chi connectivity index (χ0n) is 7.87. The van der Waals surface area contributed by atoms with Crippen molar-refractivity contribution in [3.63, 3.8) is 0 Å². The van der Waals surface area contributed by atoms with Crippen molar-refractivity contribution in [2.24, 2.45) is 0 Å². The van der Waals surface area contributed by atoms with Gasteiger partial charge in [0, 0.05) is 0 Å². The summed E-state index contributed by atoms with van der Waals surface area (Å²) in [5, 5.41) is 8.85. The Labute approximate surface area is 99.3 Å². The first-order valence-corrected chi connectivity index (χ1v) is 5.79. The molecule has 2 aromatic heterocycles. The van der Waals surface area contributed by atoms with E-state index in [4.69, 9.17) is 15.4 Å². The van der Waals surface area contributed by atoms with Crippen molar-refractivity contribution in [2.75, 3.05) is 5.73 Å². The highest BCUT2D eigenvalue weighted by Crippen LogP contribution is 2.38. The quantitative estimate of drug-likeness (QED) is 0.870. The molecular formula is C10H7BrN2OS. The third-order valence-corrected chi connectivity index (χ3v) is 3.74. The summed E-state index contributed by atoms with van der Waals surface area (Å²) in [5.41, 5.74) is 7.24.